The third-order valence-corrected chi connectivity index (χ3v) is 5.20. The third-order valence-electron chi connectivity index (χ3n) is 5.20. The van der Waals surface area contributed by atoms with Crippen LogP contribution in [0, 0.1) is 5.92 Å². The molecule has 2 fully saturated rings. The van der Waals surface area contributed by atoms with Crippen LogP contribution in [0.1, 0.15) is 46.0 Å². The van der Waals surface area contributed by atoms with Gasteiger partial charge in [-0.05, 0) is 25.2 Å². The van der Waals surface area contributed by atoms with Crippen LogP contribution in [0.25, 0.3) is 0 Å². The van der Waals surface area contributed by atoms with E-state index in [1.807, 2.05) is 4.90 Å². The summed E-state index contributed by atoms with van der Waals surface area (Å²) in [4.78, 5) is 16.5. The van der Waals surface area contributed by atoms with E-state index in [1.165, 1.54) is 12.8 Å². The van der Waals surface area contributed by atoms with Crippen molar-refractivity contribution in [3.63, 3.8) is 0 Å². The Hall–Kier alpha value is -0.650. The Balaban J connectivity index is 1.68. The van der Waals surface area contributed by atoms with Crippen molar-refractivity contribution in [1.29, 1.82) is 0 Å². The van der Waals surface area contributed by atoms with Crippen molar-refractivity contribution >= 4 is 5.91 Å². The van der Waals surface area contributed by atoms with Gasteiger partial charge in [0.1, 0.15) is 6.61 Å². The van der Waals surface area contributed by atoms with Crippen LogP contribution in [0.3, 0.4) is 0 Å². The standard InChI is InChI=1S/C17H32N2O3/c1-3-15(12-20)18-7-9-19(10-8-18)17(21)13-22-16-6-4-5-14(2)11-16/h14-16,20H,3-13H2,1-2H3. The lowest BCUT2D eigenvalue weighted by Crippen LogP contribution is -2.53. The molecule has 0 aromatic rings. The summed E-state index contributed by atoms with van der Waals surface area (Å²) in [6.45, 7) is 8.00. The topological polar surface area (TPSA) is 53.0 Å². The summed E-state index contributed by atoms with van der Waals surface area (Å²) in [5.41, 5.74) is 0. The Morgan fingerprint density at radius 2 is 2.00 bits per heavy atom. The highest BCUT2D eigenvalue weighted by Gasteiger charge is 2.26. The molecule has 128 valence electrons. The maximum atomic E-state index is 12.3. The smallest absolute Gasteiger partial charge is 0.248 e. The summed E-state index contributed by atoms with van der Waals surface area (Å²) in [6.07, 6.45) is 5.92. The second-order valence-corrected chi connectivity index (χ2v) is 6.87. The molecule has 0 aromatic heterocycles. The molecule has 3 unspecified atom stereocenters. The Morgan fingerprint density at radius 3 is 2.59 bits per heavy atom. The Morgan fingerprint density at radius 1 is 1.27 bits per heavy atom. The van der Waals surface area contributed by atoms with E-state index in [1.54, 1.807) is 0 Å². The van der Waals surface area contributed by atoms with Crippen molar-refractivity contribution in [1.82, 2.24) is 9.80 Å². The maximum Gasteiger partial charge on any atom is 0.248 e. The average Bonchev–Trinajstić information content (AvgIpc) is 2.54. The number of ether oxygens (including phenoxy) is 1. The van der Waals surface area contributed by atoms with Crippen molar-refractivity contribution in [3.8, 4) is 0 Å². The highest BCUT2D eigenvalue weighted by molar-refractivity contribution is 5.77. The van der Waals surface area contributed by atoms with Gasteiger partial charge in [-0.25, -0.2) is 0 Å². The number of nitrogens with zero attached hydrogens (tertiary/aromatic N) is 2. The minimum atomic E-state index is 0.120. The van der Waals surface area contributed by atoms with Crippen molar-refractivity contribution in [2.45, 2.75) is 58.1 Å². The molecule has 0 bridgehead atoms. The number of hydrogen-bond donors (Lipinski definition) is 1. The van der Waals surface area contributed by atoms with Crippen LogP contribution in [0.5, 0.6) is 0 Å². The van der Waals surface area contributed by atoms with Crippen molar-refractivity contribution in [2.75, 3.05) is 39.4 Å². The molecular formula is C17H32N2O3. The molecule has 5 nitrogen and oxygen atoms in total. The van der Waals surface area contributed by atoms with Gasteiger partial charge in [-0.2, -0.15) is 0 Å². The first-order valence-electron chi connectivity index (χ1n) is 8.88. The molecule has 1 amide bonds. The molecule has 0 radical (unpaired) electrons. The van der Waals surface area contributed by atoms with Crippen molar-refractivity contribution < 1.29 is 14.6 Å². The fourth-order valence-electron chi connectivity index (χ4n) is 3.65. The van der Waals surface area contributed by atoms with E-state index < -0.39 is 0 Å². The fraction of sp³-hybridized carbons (Fsp3) is 0.941. The maximum absolute atomic E-state index is 12.3. The van der Waals surface area contributed by atoms with Gasteiger partial charge in [0.2, 0.25) is 5.91 Å². The van der Waals surface area contributed by atoms with Gasteiger partial charge in [0, 0.05) is 32.2 Å². The quantitative estimate of drug-likeness (QED) is 0.807. The predicted octanol–water partition coefficient (Wildman–Crippen LogP) is 1.50. The zero-order valence-corrected chi connectivity index (χ0v) is 14.2. The molecule has 0 aromatic carbocycles. The van der Waals surface area contributed by atoms with E-state index in [-0.39, 0.29) is 31.3 Å². The van der Waals surface area contributed by atoms with E-state index >= 15 is 0 Å². The summed E-state index contributed by atoms with van der Waals surface area (Å²) < 4.78 is 5.84. The van der Waals surface area contributed by atoms with Crippen LogP contribution >= 0.6 is 0 Å². The van der Waals surface area contributed by atoms with Crippen molar-refractivity contribution in [3.05, 3.63) is 0 Å². The van der Waals surface area contributed by atoms with Crippen LogP contribution in [0.15, 0.2) is 0 Å². The Bertz CT molecular complexity index is 339. The van der Waals surface area contributed by atoms with Gasteiger partial charge in [0.15, 0.2) is 0 Å². The number of carbonyl (C=O) groups is 1. The first-order chi connectivity index (χ1) is 10.6. The minimum absolute atomic E-state index is 0.120. The molecule has 1 N–H and O–H groups in total. The van der Waals surface area contributed by atoms with Crippen molar-refractivity contribution in [2.24, 2.45) is 5.92 Å². The zero-order chi connectivity index (χ0) is 15.9. The summed E-state index contributed by atoms with van der Waals surface area (Å²) in [5.74, 6) is 0.844. The first-order valence-corrected chi connectivity index (χ1v) is 8.88. The fourth-order valence-corrected chi connectivity index (χ4v) is 3.65. The van der Waals surface area contributed by atoms with Crippen LogP contribution < -0.4 is 0 Å². The van der Waals surface area contributed by atoms with E-state index in [2.05, 4.69) is 18.7 Å². The number of aliphatic hydroxyl groups excluding tert-OH is 1. The Kier molecular flexibility index (Phi) is 7.12. The normalized spacial score (nSPS) is 28.6. The van der Waals surface area contributed by atoms with Gasteiger partial charge in [0.05, 0.1) is 12.7 Å². The average molecular weight is 312 g/mol. The van der Waals surface area contributed by atoms with Crippen LogP contribution in [0.2, 0.25) is 0 Å². The third kappa shape index (κ3) is 4.93. The van der Waals surface area contributed by atoms with Gasteiger partial charge in [-0.1, -0.05) is 26.7 Å². The monoisotopic (exact) mass is 312 g/mol. The van der Waals surface area contributed by atoms with Crippen LogP contribution in [-0.4, -0.2) is 72.4 Å². The number of carbonyl (C=O) groups excluding carboxylic acids is 1. The highest BCUT2D eigenvalue weighted by Crippen LogP contribution is 2.25. The van der Waals surface area contributed by atoms with Crippen LogP contribution in [-0.2, 0) is 9.53 Å². The van der Waals surface area contributed by atoms with Gasteiger partial charge >= 0.3 is 0 Å². The van der Waals surface area contributed by atoms with Crippen LogP contribution in [0.4, 0.5) is 0 Å². The zero-order valence-electron chi connectivity index (χ0n) is 14.2. The predicted molar refractivity (Wildman–Crippen MR) is 86.7 cm³/mol. The molecule has 3 atom stereocenters. The first kappa shape index (κ1) is 17.7. The molecule has 5 heteroatoms. The number of amides is 1. The van der Waals surface area contributed by atoms with Gasteiger partial charge in [-0.15, -0.1) is 0 Å². The number of aliphatic hydroxyl groups is 1. The summed E-state index contributed by atoms with van der Waals surface area (Å²) in [5, 5.41) is 9.36. The van der Waals surface area contributed by atoms with Gasteiger partial charge in [0.25, 0.3) is 0 Å². The molecule has 2 rings (SSSR count). The van der Waals surface area contributed by atoms with E-state index in [0.717, 1.165) is 51.4 Å². The lowest BCUT2D eigenvalue weighted by molar-refractivity contribution is -0.141. The highest BCUT2D eigenvalue weighted by atomic mass is 16.5. The number of piperazine rings is 1. The van der Waals surface area contributed by atoms with E-state index in [9.17, 15) is 9.90 Å². The molecule has 1 saturated heterocycles. The molecule has 2 aliphatic rings. The molecule has 1 aliphatic heterocycles. The second kappa shape index (κ2) is 8.85. The Labute approximate surface area is 134 Å². The molecular weight excluding hydrogens is 280 g/mol. The summed E-state index contributed by atoms with van der Waals surface area (Å²) in [6, 6.07) is 0.234. The number of hydrogen-bond acceptors (Lipinski definition) is 4. The molecule has 1 heterocycles. The lowest BCUT2D eigenvalue weighted by atomic mass is 9.89. The number of rotatable bonds is 6. The lowest BCUT2D eigenvalue weighted by Gasteiger charge is -2.38. The summed E-state index contributed by atoms with van der Waals surface area (Å²) >= 11 is 0. The van der Waals surface area contributed by atoms with E-state index in [0.29, 0.717) is 0 Å². The minimum Gasteiger partial charge on any atom is -0.395 e. The second-order valence-electron chi connectivity index (χ2n) is 6.87. The van der Waals surface area contributed by atoms with Gasteiger partial charge in [-0.3, -0.25) is 9.69 Å². The van der Waals surface area contributed by atoms with E-state index in [4.69, 9.17) is 4.74 Å². The molecule has 1 aliphatic carbocycles. The molecule has 22 heavy (non-hydrogen) atoms. The molecule has 1 saturated carbocycles. The van der Waals surface area contributed by atoms with Gasteiger partial charge < -0.3 is 14.7 Å². The largest absolute Gasteiger partial charge is 0.395 e. The SMILES string of the molecule is CCC(CO)N1CCN(C(=O)COC2CCCC(C)C2)CC1. The summed E-state index contributed by atoms with van der Waals surface area (Å²) in [7, 11) is 0. The molecule has 0 spiro atoms.